The Kier molecular flexibility index (Phi) is 3.81. The van der Waals surface area contributed by atoms with Crippen LogP contribution in [0.15, 0.2) is 16.9 Å². The highest BCUT2D eigenvalue weighted by molar-refractivity contribution is 9.10. The van der Waals surface area contributed by atoms with Gasteiger partial charge in [0.1, 0.15) is 0 Å². The molecular weight excluding hydrogens is 322 g/mol. The first kappa shape index (κ1) is 13.3. The Bertz CT molecular complexity index is 591. The summed E-state index contributed by atoms with van der Waals surface area (Å²) in [5.74, 6) is 1.79. The number of nitrogens with one attached hydrogen (secondary N) is 1. The molecule has 1 aliphatic rings. The van der Waals surface area contributed by atoms with E-state index in [1.54, 1.807) is 17.9 Å². The van der Waals surface area contributed by atoms with Gasteiger partial charge in [0.05, 0.1) is 10.7 Å². The van der Waals surface area contributed by atoms with E-state index in [1.807, 2.05) is 6.20 Å². The van der Waals surface area contributed by atoms with Crippen molar-refractivity contribution in [3.05, 3.63) is 16.9 Å². The molecule has 2 aromatic heterocycles. The third kappa shape index (κ3) is 2.74. The van der Waals surface area contributed by atoms with E-state index in [0.717, 1.165) is 17.6 Å². The fourth-order valence-electron chi connectivity index (χ4n) is 2.21. The molecule has 1 saturated heterocycles. The molecule has 20 heavy (non-hydrogen) atoms. The van der Waals surface area contributed by atoms with Crippen LogP contribution in [0.25, 0.3) is 5.95 Å². The van der Waals surface area contributed by atoms with Crippen molar-refractivity contribution < 1.29 is 0 Å². The molecule has 0 unspecified atom stereocenters. The van der Waals surface area contributed by atoms with Crippen molar-refractivity contribution in [3.8, 4) is 5.95 Å². The Morgan fingerprint density at radius 2 is 1.85 bits per heavy atom. The lowest BCUT2D eigenvalue weighted by Gasteiger charge is -2.26. The SMILES string of the molecule is CNc1nc(N2CCCCC2)nc(-n2cc(Br)cn2)n1. The van der Waals surface area contributed by atoms with E-state index in [4.69, 9.17) is 0 Å². The summed E-state index contributed by atoms with van der Waals surface area (Å²) in [7, 11) is 1.80. The molecule has 0 spiro atoms. The predicted octanol–water partition coefficient (Wildman–Crippen LogP) is 1.85. The van der Waals surface area contributed by atoms with Gasteiger partial charge in [-0.25, -0.2) is 4.68 Å². The van der Waals surface area contributed by atoms with Gasteiger partial charge in [-0.2, -0.15) is 20.1 Å². The summed E-state index contributed by atoms with van der Waals surface area (Å²) in [5, 5.41) is 7.20. The highest BCUT2D eigenvalue weighted by Crippen LogP contribution is 2.18. The van der Waals surface area contributed by atoms with Crippen LogP contribution in [-0.2, 0) is 0 Å². The number of hydrogen-bond donors (Lipinski definition) is 1. The molecule has 106 valence electrons. The summed E-state index contributed by atoms with van der Waals surface area (Å²) < 4.78 is 2.53. The molecule has 3 heterocycles. The lowest BCUT2D eigenvalue weighted by Crippen LogP contribution is -2.31. The molecule has 1 fully saturated rings. The van der Waals surface area contributed by atoms with Gasteiger partial charge in [0.2, 0.25) is 11.9 Å². The second-order valence-corrected chi connectivity index (χ2v) is 5.58. The molecule has 0 atom stereocenters. The third-order valence-electron chi connectivity index (χ3n) is 3.23. The molecule has 0 amide bonds. The van der Waals surface area contributed by atoms with Crippen LogP contribution >= 0.6 is 15.9 Å². The first-order valence-corrected chi connectivity index (χ1v) is 7.45. The number of piperidine rings is 1. The Morgan fingerprint density at radius 3 is 2.50 bits per heavy atom. The van der Waals surface area contributed by atoms with Crippen molar-refractivity contribution in [3.63, 3.8) is 0 Å². The van der Waals surface area contributed by atoms with E-state index >= 15 is 0 Å². The molecule has 0 bridgehead atoms. The summed E-state index contributed by atoms with van der Waals surface area (Å²) in [5.41, 5.74) is 0. The van der Waals surface area contributed by atoms with Crippen LogP contribution in [0, 0.1) is 0 Å². The topological polar surface area (TPSA) is 71.8 Å². The number of aromatic nitrogens is 5. The molecule has 0 aliphatic carbocycles. The molecule has 0 aromatic carbocycles. The van der Waals surface area contributed by atoms with E-state index in [-0.39, 0.29) is 0 Å². The molecule has 8 heteroatoms. The maximum absolute atomic E-state index is 4.53. The Labute approximate surface area is 125 Å². The Hall–Kier alpha value is -1.70. The van der Waals surface area contributed by atoms with Gasteiger partial charge in [0, 0.05) is 26.3 Å². The second-order valence-electron chi connectivity index (χ2n) is 4.66. The van der Waals surface area contributed by atoms with Gasteiger partial charge in [0.15, 0.2) is 0 Å². The van der Waals surface area contributed by atoms with E-state index in [0.29, 0.717) is 17.8 Å². The van der Waals surface area contributed by atoms with Crippen LogP contribution in [0.1, 0.15) is 19.3 Å². The minimum absolute atomic E-state index is 0.524. The number of rotatable bonds is 3. The van der Waals surface area contributed by atoms with Crippen LogP contribution in [0.5, 0.6) is 0 Å². The number of anilines is 2. The van der Waals surface area contributed by atoms with Gasteiger partial charge >= 0.3 is 0 Å². The standard InChI is InChI=1S/C12H16BrN7/c1-14-10-16-11(19-5-3-2-4-6-19)18-12(17-10)20-8-9(13)7-15-20/h7-8H,2-6H2,1H3,(H,14,16,17,18). The highest BCUT2D eigenvalue weighted by Gasteiger charge is 2.16. The van der Waals surface area contributed by atoms with Crippen LogP contribution < -0.4 is 10.2 Å². The molecule has 1 aliphatic heterocycles. The maximum Gasteiger partial charge on any atom is 0.257 e. The minimum atomic E-state index is 0.524. The van der Waals surface area contributed by atoms with Crippen molar-refractivity contribution in [2.45, 2.75) is 19.3 Å². The first-order chi connectivity index (χ1) is 9.76. The zero-order valence-electron chi connectivity index (χ0n) is 11.3. The average molecular weight is 338 g/mol. The lowest BCUT2D eigenvalue weighted by molar-refractivity contribution is 0.566. The summed E-state index contributed by atoms with van der Waals surface area (Å²) in [6, 6.07) is 0. The summed E-state index contributed by atoms with van der Waals surface area (Å²) in [6.07, 6.45) is 7.18. The fraction of sp³-hybridized carbons (Fsp3) is 0.500. The molecule has 0 saturated carbocycles. The molecule has 2 aromatic rings. The normalized spacial score (nSPS) is 15.4. The van der Waals surface area contributed by atoms with Crippen LogP contribution in [0.2, 0.25) is 0 Å². The smallest absolute Gasteiger partial charge is 0.257 e. The van der Waals surface area contributed by atoms with Gasteiger partial charge in [-0.1, -0.05) is 0 Å². The second kappa shape index (κ2) is 5.74. The van der Waals surface area contributed by atoms with E-state index in [1.165, 1.54) is 19.3 Å². The zero-order valence-corrected chi connectivity index (χ0v) is 12.8. The maximum atomic E-state index is 4.53. The summed E-state index contributed by atoms with van der Waals surface area (Å²) in [6.45, 7) is 1.99. The third-order valence-corrected chi connectivity index (χ3v) is 3.64. The van der Waals surface area contributed by atoms with Crippen molar-refractivity contribution in [1.29, 1.82) is 0 Å². The van der Waals surface area contributed by atoms with Gasteiger partial charge < -0.3 is 10.2 Å². The highest BCUT2D eigenvalue weighted by atomic mass is 79.9. The Morgan fingerprint density at radius 1 is 1.10 bits per heavy atom. The van der Waals surface area contributed by atoms with Gasteiger partial charge in [-0.15, -0.1) is 0 Å². The average Bonchev–Trinajstić information content (AvgIpc) is 2.94. The summed E-state index contributed by atoms with van der Waals surface area (Å²) in [4.78, 5) is 15.5. The molecular formula is C12H16BrN7. The molecule has 0 radical (unpaired) electrons. The summed E-state index contributed by atoms with van der Waals surface area (Å²) >= 11 is 3.38. The van der Waals surface area contributed by atoms with Crippen molar-refractivity contribution in [2.24, 2.45) is 0 Å². The zero-order chi connectivity index (χ0) is 13.9. The predicted molar refractivity (Wildman–Crippen MR) is 80.3 cm³/mol. The monoisotopic (exact) mass is 337 g/mol. The van der Waals surface area contributed by atoms with Crippen molar-refractivity contribution in [1.82, 2.24) is 24.7 Å². The van der Waals surface area contributed by atoms with Gasteiger partial charge in [0.25, 0.3) is 5.95 Å². The number of hydrogen-bond acceptors (Lipinski definition) is 6. The lowest BCUT2D eigenvalue weighted by atomic mass is 10.1. The van der Waals surface area contributed by atoms with E-state index < -0.39 is 0 Å². The molecule has 7 nitrogen and oxygen atoms in total. The van der Waals surface area contributed by atoms with Crippen molar-refractivity contribution >= 4 is 27.8 Å². The molecule has 3 rings (SSSR count). The largest absolute Gasteiger partial charge is 0.357 e. The number of halogens is 1. The van der Waals surface area contributed by atoms with E-state index in [2.05, 4.69) is 46.2 Å². The van der Waals surface area contributed by atoms with Crippen LogP contribution in [-0.4, -0.2) is 44.9 Å². The molecule has 1 N–H and O–H groups in total. The van der Waals surface area contributed by atoms with Crippen LogP contribution in [0.3, 0.4) is 0 Å². The minimum Gasteiger partial charge on any atom is -0.357 e. The van der Waals surface area contributed by atoms with Gasteiger partial charge in [-0.3, -0.25) is 0 Å². The van der Waals surface area contributed by atoms with E-state index in [9.17, 15) is 0 Å². The fourth-order valence-corrected chi connectivity index (χ4v) is 2.50. The van der Waals surface area contributed by atoms with Crippen LogP contribution in [0.4, 0.5) is 11.9 Å². The quantitative estimate of drug-likeness (QED) is 0.921. The Balaban J connectivity index is 1.97. The number of nitrogens with zero attached hydrogens (tertiary/aromatic N) is 6. The van der Waals surface area contributed by atoms with Gasteiger partial charge in [-0.05, 0) is 35.2 Å². The first-order valence-electron chi connectivity index (χ1n) is 6.65. The van der Waals surface area contributed by atoms with Crippen molar-refractivity contribution in [2.75, 3.05) is 30.4 Å².